The largest absolute Gasteiger partial charge is 0.399 e. The number of aryl methyl sites for hydroxylation is 1. The first-order chi connectivity index (χ1) is 12.5. The van der Waals surface area contributed by atoms with Crippen molar-refractivity contribution in [2.75, 3.05) is 45.0 Å². The summed E-state index contributed by atoms with van der Waals surface area (Å²) < 4.78 is 0. The molecule has 2 aliphatic rings. The number of hydrogen-bond donors (Lipinski definition) is 1. The van der Waals surface area contributed by atoms with E-state index in [1.54, 1.807) is 6.07 Å². The van der Waals surface area contributed by atoms with Crippen LogP contribution in [0, 0.1) is 6.92 Å². The number of hydrogen-bond acceptors (Lipinski definition) is 4. The van der Waals surface area contributed by atoms with Gasteiger partial charge >= 0.3 is 0 Å². The molecule has 0 radical (unpaired) electrons. The highest BCUT2D eigenvalue weighted by atomic mass is 35.5. The minimum absolute atomic E-state index is 0. The molecule has 2 aliphatic heterocycles. The Hall–Kier alpha value is -1.50. The molecule has 0 saturated carbocycles. The molecule has 3 rings (SSSR count). The van der Waals surface area contributed by atoms with Crippen LogP contribution >= 0.6 is 24.8 Å². The van der Waals surface area contributed by atoms with E-state index in [1.807, 2.05) is 28.9 Å². The highest BCUT2D eigenvalue weighted by Crippen LogP contribution is 2.18. The second-order valence-electron chi connectivity index (χ2n) is 7.57. The van der Waals surface area contributed by atoms with Crippen LogP contribution in [0.1, 0.15) is 42.1 Å². The number of nitrogens with two attached hydrogens (primary N) is 1. The SMILES string of the molecule is Cc1ccc(N)cc1C(=O)N1CCN(CC(=O)N2CCCCC2C)CC1.Cl.Cl. The van der Waals surface area contributed by atoms with Crippen molar-refractivity contribution in [2.24, 2.45) is 0 Å². The lowest BCUT2D eigenvalue weighted by Gasteiger charge is -2.38. The van der Waals surface area contributed by atoms with Gasteiger partial charge in [0.1, 0.15) is 0 Å². The highest BCUT2D eigenvalue weighted by Gasteiger charge is 2.28. The van der Waals surface area contributed by atoms with Gasteiger partial charge in [-0.05, 0) is 50.8 Å². The molecule has 6 nitrogen and oxygen atoms in total. The monoisotopic (exact) mass is 430 g/mol. The summed E-state index contributed by atoms with van der Waals surface area (Å²) in [5.74, 6) is 0.258. The molecule has 2 heterocycles. The van der Waals surface area contributed by atoms with Gasteiger partial charge < -0.3 is 15.5 Å². The van der Waals surface area contributed by atoms with Crippen LogP contribution in [0.15, 0.2) is 18.2 Å². The maximum absolute atomic E-state index is 12.8. The molecule has 8 heteroatoms. The van der Waals surface area contributed by atoms with Gasteiger partial charge in [0.2, 0.25) is 5.91 Å². The normalized spacial score (nSPS) is 20.1. The van der Waals surface area contributed by atoms with Crippen molar-refractivity contribution in [3.05, 3.63) is 29.3 Å². The van der Waals surface area contributed by atoms with Gasteiger partial charge in [-0.3, -0.25) is 14.5 Å². The smallest absolute Gasteiger partial charge is 0.254 e. The van der Waals surface area contributed by atoms with Crippen LogP contribution in [-0.4, -0.2) is 71.8 Å². The molecule has 0 aromatic heterocycles. The summed E-state index contributed by atoms with van der Waals surface area (Å²) in [4.78, 5) is 31.4. The number of nitrogens with zero attached hydrogens (tertiary/aromatic N) is 3. The Kier molecular flexibility index (Phi) is 9.54. The minimum atomic E-state index is 0. The van der Waals surface area contributed by atoms with Crippen LogP contribution in [0.3, 0.4) is 0 Å². The van der Waals surface area contributed by atoms with Crippen LogP contribution in [0.4, 0.5) is 5.69 Å². The number of piperazine rings is 1. The number of carbonyl (C=O) groups is 2. The van der Waals surface area contributed by atoms with Gasteiger partial charge in [-0.2, -0.15) is 0 Å². The van der Waals surface area contributed by atoms with Crippen molar-refractivity contribution < 1.29 is 9.59 Å². The van der Waals surface area contributed by atoms with Gasteiger partial charge in [0.05, 0.1) is 6.54 Å². The van der Waals surface area contributed by atoms with Crippen molar-refractivity contribution in [1.29, 1.82) is 0 Å². The van der Waals surface area contributed by atoms with Crippen LogP contribution in [0.25, 0.3) is 0 Å². The fraction of sp³-hybridized carbons (Fsp3) is 0.600. The zero-order chi connectivity index (χ0) is 18.7. The molecule has 0 spiro atoms. The Balaban J connectivity index is 0.00000196. The number of rotatable bonds is 3. The van der Waals surface area contributed by atoms with E-state index in [2.05, 4.69) is 11.8 Å². The molecular weight excluding hydrogens is 399 g/mol. The summed E-state index contributed by atoms with van der Waals surface area (Å²) >= 11 is 0. The van der Waals surface area contributed by atoms with E-state index >= 15 is 0 Å². The third kappa shape index (κ3) is 5.75. The lowest BCUT2D eigenvalue weighted by atomic mass is 10.0. The molecule has 1 unspecified atom stereocenters. The van der Waals surface area contributed by atoms with Crippen molar-refractivity contribution in [1.82, 2.24) is 14.7 Å². The van der Waals surface area contributed by atoms with Crippen molar-refractivity contribution in [3.63, 3.8) is 0 Å². The maximum Gasteiger partial charge on any atom is 0.254 e. The Bertz CT molecular complexity index is 678. The number of anilines is 1. The summed E-state index contributed by atoms with van der Waals surface area (Å²) in [6, 6.07) is 5.81. The number of halogens is 2. The van der Waals surface area contributed by atoms with Gasteiger partial charge in [0.15, 0.2) is 0 Å². The van der Waals surface area contributed by atoms with E-state index in [9.17, 15) is 9.59 Å². The van der Waals surface area contributed by atoms with Gasteiger partial charge in [0, 0.05) is 50.0 Å². The number of likely N-dealkylation sites (tertiary alicyclic amines) is 1. The Labute approximate surface area is 180 Å². The number of piperidine rings is 1. The molecule has 0 aliphatic carbocycles. The van der Waals surface area contributed by atoms with E-state index in [4.69, 9.17) is 5.73 Å². The number of benzene rings is 1. The van der Waals surface area contributed by atoms with E-state index in [0.717, 1.165) is 38.0 Å². The molecule has 2 N–H and O–H groups in total. The summed E-state index contributed by atoms with van der Waals surface area (Å²) in [6.45, 7) is 8.19. The first-order valence-corrected chi connectivity index (χ1v) is 9.63. The molecule has 0 bridgehead atoms. The van der Waals surface area contributed by atoms with Crippen molar-refractivity contribution in [3.8, 4) is 0 Å². The van der Waals surface area contributed by atoms with Crippen molar-refractivity contribution >= 4 is 42.3 Å². The number of amides is 2. The standard InChI is InChI=1S/C20H30N4O2.2ClH/c1-15-6-7-17(21)13-18(15)20(26)23-11-9-22(10-12-23)14-19(25)24-8-4-3-5-16(24)2;;/h6-7,13,16H,3-5,8-12,14,21H2,1-2H3;2*1H. The lowest BCUT2D eigenvalue weighted by Crippen LogP contribution is -2.53. The predicted molar refractivity (Wildman–Crippen MR) is 117 cm³/mol. The molecular formula is C20H32Cl2N4O2. The third-order valence-electron chi connectivity index (χ3n) is 5.63. The Morgan fingerprint density at radius 2 is 1.75 bits per heavy atom. The van der Waals surface area contributed by atoms with Crippen LogP contribution in [-0.2, 0) is 4.79 Å². The van der Waals surface area contributed by atoms with Crippen molar-refractivity contribution in [2.45, 2.75) is 39.2 Å². The fourth-order valence-corrected chi connectivity index (χ4v) is 3.90. The predicted octanol–water partition coefficient (Wildman–Crippen LogP) is 2.58. The molecule has 2 fully saturated rings. The van der Waals surface area contributed by atoms with E-state index < -0.39 is 0 Å². The average Bonchev–Trinajstić information content (AvgIpc) is 2.64. The molecule has 1 aromatic rings. The zero-order valence-electron chi connectivity index (χ0n) is 16.7. The van der Waals surface area contributed by atoms with E-state index in [0.29, 0.717) is 36.9 Å². The minimum Gasteiger partial charge on any atom is -0.399 e. The third-order valence-corrected chi connectivity index (χ3v) is 5.63. The summed E-state index contributed by atoms with van der Waals surface area (Å²) in [6.07, 6.45) is 3.43. The second kappa shape index (κ2) is 10.9. The summed E-state index contributed by atoms with van der Waals surface area (Å²) in [5, 5.41) is 0. The van der Waals surface area contributed by atoms with E-state index in [1.165, 1.54) is 6.42 Å². The van der Waals surface area contributed by atoms with Gasteiger partial charge in [-0.25, -0.2) is 0 Å². The second-order valence-corrected chi connectivity index (χ2v) is 7.57. The summed E-state index contributed by atoms with van der Waals surface area (Å²) in [5.41, 5.74) is 8.07. The quantitative estimate of drug-likeness (QED) is 0.747. The van der Waals surface area contributed by atoms with Crippen LogP contribution < -0.4 is 5.73 Å². The first-order valence-electron chi connectivity index (χ1n) is 9.63. The van der Waals surface area contributed by atoms with E-state index in [-0.39, 0.29) is 36.6 Å². The van der Waals surface area contributed by atoms with Crippen LogP contribution in [0.5, 0.6) is 0 Å². The van der Waals surface area contributed by atoms with Gasteiger partial charge in [-0.15, -0.1) is 24.8 Å². The van der Waals surface area contributed by atoms with Gasteiger partial charge in [0.25, 0.3) is 5.91 Å². The molecule has 1 aromatic carbocycles. The Morgan fingerprint density at radius 3 is 2.39 bits per heavy atom. The highest BCUT2D eigenvalue weighted by molar-refractivity contribution is 5.96. The molecule has 1 atom stereocenters. The lowest BCUT2D eigenvalue weighted by molar-refractivity contribution is -0.136. The first kappa shape index (κ1) is 24.5. The molecule has 158 valence electrons. The fourth-order valence-electron chi connectivity index (χ4n) is 3.90. The summed E-state index contributed by atoms with van der Waals surface area (Å²) in [7, 11) is 0. The maximum atomic E-state index is 12.8. The average molecular weight is 431 g/mol. The topological polar surface area (TPSA) is 69.9 Å². The molecule has 2 amide bonds. The molecule has 2 saturated heterocycles. The Morgan fingerprint density at radius 1 is 1.07 bits per heavy atom. The number of carbonyl (C=O) groups excluding carboxylic acids is 2. The van der Waals surface area contributed by atoms with Gasteiger partial charge in [-0.1, -0.05) is 6.07 Å². The molecule has 28 heavy (non-hydrogen) atoms. The van der Waals surface area contributed by atoms with Crippen LogP contribution in [0.2, 0.25) is 0 Å². The zero-order valence-corrected chi connectivity index (χ0v) is 18.4. The number of nitrogen functional groups attached to an aromatic ring is 1.